The molecule has 0 spiro atoms. The highest BCUT2D eigenvalue weighted by Gasteiger charge is 2.42. The number of aldehydes is 1. The molecule has 10 nitrogen and oxygen atoms in total. The molecule has 1 aromatic heterocycles. The number of para-hydroxylation sites is 1. The third kappa shape index (κ3) is 9.97. The number of carbonyl (C=O) groups is 3. The Morgan fingerprint density at radius 1 is 1.04 bits per heavy atom. The van der Waals surface area contributed by atoms with Gasteiger partial charge in [-0.15, -0.1) is 6.58 Å². The summed E-state index contributed by atoms with van der Waals surface area (Å²) in [5.74, 6) is 0.111. The van der Waals surface area contributed by atoms with Gasteiger partial charge in [0, 0.05) is 37.3 Å². The summed E-state index contributed by atoms with van der Waals surface area (Å²) in [7, 11) is 1.95. The van der Waals surface area contributed by atoms with Crippen molar-refractivity contribution in [1.82, 2.24) is 30.1 Å². The number of urea groups is 1. The van der Waals surface area contributed by atoms with E-state index in [2.05, 4.69) is 28.7 Å². The zero-order valence-electron chi connectivity index (χ0n) is 28.6. The molecule has 3 amide bonds. The van der Waals surface area contributed by atoms with Crippen molar-refractivity contribution < 1.29 is 19.5 Å². The fourth-order valence-corrected chi connectivity index (χ4v) is 5.37. The van der Waals surface area contributed by atoms with Crippen molar-refractivity contribution in [2.75, 3.05) is 33.2 Å². The van der Waals surface area contributed by atoms with Crippen molar-refractivity contribution in [2.24, 2.45) is 0 Å². The SMILES string of the molecule is C=CCN1CC(=O)N(CC=O)C(CN(C)C(C)c2cccc3cccnc23)N1C(=O)NCc1ccccc1.CC.Cc1ccc(O)cc1. The minimum Gasteiger partial charge on any atom is -0.508 e. The molecule has 2 atom stereocenters. The molecule has 3 aromatic carbocycles. The molecule has 10 heteroatoms. The number of rotatable bonds is 10. The molecular formula is C38H48N6O4. The van der Waals surface area contributed by atoms with Gasteiger partial charge in [-0.2, -0.15) is 0 Å². The van der Waals surface area contributed by atoms with E-state index in [1.165, 1.54) is 10.5 Å². The van der Waals surface area contributed by atoms with Crippen LogP contribution in [0.2, 0.25) is 0 Å². The molecular weight excluding hydrogens is 604 g/mol. The Bertz CT molecular complexity index is 1590. The number of aromatic hydroxyl groups is 1. The summed E-state index contributed by atoms with van der Waals surface area (Å²) in [4.78, 5) is 46.5. The van der Waals surface area contributed by atoms with Gasteiger partial charge in [-0.25, -0.2) is 14.8 Å². The zero-order chi connectivity index (χ0) is 35.1. The van der Waals surface area contributed by atoms with E-state index in [0.717, 1.165) is 22.0 Å². The number of phenols is 1. The summed E-state index contributed by atoms with van der Waals surface area (Å²) < 4.78 is 0. The number of nitrogens with zero attached hydrogens (tertiary/aromatic N) is 5. The van der Waals surface area contributed by atoms with Crippen molar-refractivity contribution >= 4 is 29.1 Å². The quantitative estimate of drug-likeness (QED) is 0.161. The minimum absolute atomic E-state index is 0.0262. The van der Waals surface area contributed by atoms with Gasteiger partial charge in [-0.3, -0.25) is 14.7 Å². The van der Waals surface area contributed by atoms with Gasteiger partial charge in [-0.1, -0.05) is 92.2 Å². The van der Waals surface area contributed by atoms with Gasteiger partial charge in [0.25, 0.3) is 0 Å². The second-order valence-corrected chi connectivity index (χ2v) is 11.2. The van der Waals surface area contributed by atoms with E-state index in [4.69, 9.17) is 5.11 Å². The van der Waals surface area contributed by atoms with Crippen LogP contribution in [-0.4, -0.2) is 87.5 Å². The van der Waals surface area contributed by atoms with E-state index in [1.54, 1.807) is 34.4 Å². The molecule has 5 rings (SSSR count). The Balaban J connectivity index is 0.000000540. The molecule has 1 fully saturated rings. The molecule has 1 aliphatic heterocycles. The molecule has 4 aromatic rings. The van der Waals surface area contributed by atoms with Crippen molar-refractivity contribution in [3.8, 4) is 5.75 Å². The summed E-state index contributed by atoms with van der Waals surface area (Å²) in [5, 5.41) is 16.0. The Morgan fingerprint density at radius 2 is 1.73 bits per heavy atom. The van der Waals surface area contributed by atoms with Crippen LogP contribution in [0.15, 0.2) is 104 Å². The second-order valence-electron chi connectivity index (χ2n) is 11.2. The fourth-order valence-electron chi connectivity index (χ4n) is 5.37. The number of likely N-dealkylation sites (N-methyl/N-ethyl adjacent to an activating group) is 1. The van der Waals surface area contributed by atoms with Gasteiger partial charge in [0.1, 0.15) is 18.2 Å². The molecule has 48 heavy (non-hydrogen) atoms. The highest BCUT2D eigenvalue weighted by Crippen LogP contribution is 2.28. The largest absolute Gasteiger partial charge is 0.508 e. The van der Waals surface area contributed by atoms with Gasteiger partial charge in [0.05, 0.1) is 18.6 Å². The van der Waals surface area contributed by atoms with Gasteiger partial charge in [0.15, 0.2) is 0 Å². The summed E-state index contributed by atoms with van der Waals surface area (Å²) in [6.07, 6.45) is 3.43. The number of pyridine rings is 1. The molecule has 0 aliphatic carbocycles. The van der Waals surface area contributed by atoms with Crippen LogP contribution < -0.4 is 5.32 Å². The van der Waals surface area contributed by atoms with E-state index in [1.807, 2.05) is 101 Å². The number of hydrogen-bond acceptors (Lipinski definition) is 7. The lowest BCUT2D eigenvalue weighted by molar-refractivity contribution is -0.168. The molecule has 2 heterocycles. The normalized spacial score (nSPS) is 15.1. The molecule has 0 bridgehead atoms. The number of aromatic nitrogens is 1. The van der Waals surface area contributed by atoms with Crippen molar-refractivity contribution in [3.63, 3.8) is 0 Å². The smallest absolute Gasteiger partial charge is 0.334 e. The highest BCUT2D eigenvalue weighted by atomic mass is 16.3. The lowest BCUT2D eigenvalue weighted by Crippen LogP contribution is -2.70. The average Bonchev–Trinajstić information content (AvgIpc) is 3.11. The van der Waals surface area contributed by atoms with E-state index in [9.17, 15) is 14.4 Å². The molecule has 254 valence electrons. The standard InChI is InChI=1S/C29H34N6O3.C7H8O.C2H6/c1-4-16-33-21-27(37)34(17-18-36)26(35(33)29(38)31-19-23-10-6-5-7-11-23)20-32(3)22(2)25-14-8-12-24-13-9-15-30-28(24)25;1-6-2-4-7(8)5-3-6;1-2/h4-15,18,22,26H,1,16-17,19-21H2,2-3H3,(H,31,38);2-5,8H,1H3;1-2H3. The molecule has 2 unspecified atom stereocenters. The van der Waals surface area contributed by atoms with Crippen molar-refractivity contribution in [1.29, 1.82) is 0 Å². The number of benzene rings is 3. The third-order valence-corrected chi connectivity index (χ3v) is 7.95. The Hall–Kier alpha value is -5.06. The van der Waals surface area contributed by atoms with Crippen LogP contribution >= 0.6 is 0 Å². The zero-order valence-corrected chi connectivity index (χ0v) is 28.6. The summed E-state index contributed by atoms with van der Waals surface area (Å²) in [6, 6.07) is 26.3. The van der Waals surface area contributed by atoms with Crippen LogP contribution in [-0.2, 0) is 16.1 Å². The van der Waals surface area contributed by atoms with Gasteiger partial charge in [-0.05, 0) is 50.2 Å². The highest BCUT2D eigenvalue weighted by molar-refractivity contribution is 5.84. The Labute approximate surface area is 284 Å². The molecule has 0 saturated carbocycles. The van der Waals surface area contributed by atoms with Gasteiger partial charge in [0.2, 0.25) is 5.91 Å². The lowest BCUT2D eigenvalue weighted by atomic mass is 10.0. The number of hydrogen-bond donors (Lipinski definition) is 2. The first-order valence-corrected chi connectivity index (χ1v) is 16.2. The molecule has 0 radical (unpaired) electrons. The average molecular weight is 653 g/mol. The first kappa shape index (κ1) is 37.4. The van der Waals surface area contributed by atoms with E-state index >= 15 is 0 Å². The second kappa shape index (κ2) is 18.9. The minimum atomic E-state index is -0.701. The first-order valence-electron chi connectivity index (χ1n) is 16.2. The molecule has 1 saturated heterocycles. The summed E-state index contributed by atoms with van der Waals surface area (Å²) in [6.45, 7) is 12.7. The summed E-state index contributed by atoms with van der Waals surface area (Å²) in [5.41, 5.74) is 4.07. The number of fused-ring (bicyclic) bond motifs is 1. The number of aryl methyl sites for hydroxylation is 1. The number of nitrogens with one attached hydrogen (secondary N) is 1. The van der Waals surface area contributed by atoms with Crippen LogP contribution in [0.5, 0.6) is 5.75 Å². The van der Waals surface area contributed by atoms with Crippen LogP contribution in [0.4, 0.5) is 4.79 Å². The topological polar surface area (TPSA) is 109 Å². The van der Waals surface area contributed by atoms with Crippen LogP contribution in [0.1, 0.15) is 43.5 Å². The Morgan fingerprint density at radius 3 is 2.38 bits per heavy atom. The monoisotopic (exact) mass is 652 g/mol. The maximum atomic E-state index is 13.6. The fraction of sp³-hybridized carbons (Fsp3) is 0.316. The maximum absolute atomic E-state index is 13.6. The van der Waals surface area contributed by atoms with E-state index in [-0.39, 0.29) is 31.1 Å². The predicted molar refractivity (Wildman–Crippen MR) is 191 cm³/mol. The number of carbonyl (C=O) groups excluding carboxylic acids is 3. The maximum Gasteiger partial charge on any atom is 0.334 e. The van der Waals surface area contributed by atoms with E-state index in [0.29, 0.717) is 31.7 Å². The summed E-state index contributed by atoms with van der Waals surface area (Å²) >= 11 is 0. The number of hydrazine groups is 1. The molecule has 2 N–H and O–H groups in total. The van der Waals surface area contributed by atoms with Crippen molar-refractivity contribution in [3.05, 3.63) is 120 Å². The van der Waals surface area contributed by atoms with Crippen molar-refractivity contribution in [2.45, 2.75) is 46.4 Å². The van der Waals surface area contributed by atoms with Gasteiger partial charge >= 0.3 is 6.03 Å². The lowest BCUT2D eigenvalue weighted by Gasteiger charge is -2.49. The first-order chi connectivity index (χ1) is 23.2. The van der Waals surface area contributed by atoms with Crippen LogP contribution in [0.25, 0.3) is 10.9 Å². The van der Waals surface area contributed by atoms with Gasteiger partial charge < -0.3 is 20.1 Å². The number of amides is 3. The molecule has 1 aliphatic rings. The van der Waals surface area contributed by atoms with E-state index < -0.39 is 6.17 Å². The third-order valence-electron chi connectivity index (χ3n) is 7.95. The van der Waals surface area contributed by atoms with Crippen LogP contribution in [0.3, 0.4) is 0 Å². The van der Waals surface area contributed by atoms with Crippen LogP contribution in [0, 0.1) is 6.92 Å². The Kier molecular flexibility index (Phi) is 14.7. The predicted octanol–water partition coefficient (Wildman–Crippen LogP) is 5.94. The number of phenolic OH excluding ortho intramolecular Hbond substituents is 1.